The van der Waals surface area contributed by atoms with E-state index in [9.17, 15) is 0 Å². The Morgan fingerprint density at radius 3 is 1.59 bits per heavy atom. The fourth-order valence-corrected chi connectivity index (χ4v) is 2.80. The molecule has 0 fully saturated rings. The third-order valence-corrected chi connectivity index (χ3v) is 4.54. The van der Waals surface area contributed by atoms with E-state index >= 15 is 0 Å². The van der Waals surface area contributed by atoms with E-state index in [1.807, 2.05) is 0 Å². The van der Waals surface area contributed by atoms with Crippen LogP contribution in [0.1, 0.15) is 40.2 Å². The van der Waals surface area contributed by atoms with Gasteiger partial charge in [-0.15, -0.1) is 0 Å². The van der Waals surface area contributed by atoms with Crippen LogP contribution in [-0.4, -0.2) is 0 Å². The monoisotopic (exact) mass is 302 g/mol. The number of allylic oxidation sites excluding steroid dienone is 4. The van der Waals surface area contributed by atoms with Gasteiger partial charge in [-0.3, -0.25) is 0 Å². The van der Waals surface area contributed by atoms with Crippen molar-refractivity contribution >= 4 is 0 Å². The van der Waals surface area contributed by atoms with Gasteiger partial charge in [0.2, 0.25) is 0 Å². The van der Waals surface area contributed by atoms with Crippen molar-refractivity contribution in [1.29, 1.82) is 0 Å². The molecule has 1 aromatic carbocycles. The third-order valence-electron chi connectivity index (χ3n) is 4.54. The van der Waals surface area contributed by atoms with E-state index < -0.39 is 0 Å². The fourth-order valence-electron chi connectivity index (χ4n) is 2.80. The minimum Gasteiger partial charge on any atom is -0.0622 e. The molecule has 1 heteroatoms. The summed E-state index contributed by atoms with van der Waals surface area (Å²) < 4.78 is 0. The average Bonchev–Trinajstić information content (AvgIpc) is 2.47. The van der Waals surface area contributed by atoms with E-state index in [2.05, 4.69) is 65.0 Å². The van der Waals surface area contributed by atoms with E-state index in [1.165, 1.54) is 27.9 Å². The van der Waals surface area contributed by atoms with Gasteiger partial charge in [0.25, 0.3) is 0 Å². The Morgan fingerprint density at radius 1 is 0.765 bits per heavy atom. The van der Waals surface area contributed by atoms with Crippen LogP contribution in [0.15, 0.2) is 52.6 Å². The van der Waals surface area contributed by atoms with Crippen molar-refractivity contribution in [2.45, 2.75) is 40.0 Å². The molecule has 1 aliphatic rings. The standard InChI is InChI=1S/C16H20.Zr/c1-11-12(2)14(4)16(5,13(11)3)15-9-7-6-8-10-15;/h6-10H,1-5H3;. The second kappa shape index (κ2) is 5.06. The van der Waals surface area contributed by atoms with Crippen LogP contribution in [0.5, 0.6) is 0 Å². The molecule has 0 atom stereocenters. The third kappa shape index (κ3) is 2.04. The van der Waals surface area contributed by atoms with Crippen LogP contribution < -0.4 is 0 Å². The molecule has 0 unspecified atom stereocenters. The quantitative estimate of drug-likeness (QED) is 0.709. The van der Waals surface area contributed by atoms with E-state index in [0.29, 0.717) is 0 Å². The topological polar surface area (TPSA) is 0 Å². The van der Waals surface area contributed by atoms with E-state index in [-0.39, 0.29) is 31.6 Å². The summed E-state index contributed by atoms with van der Waals surface area (Å²) in [6.07, 6.45) is 0. The first-order chi connectivity index (χ1) is 7.49. The van der Waals surface area contributed by atoms with Crippen LogP contribution in [-0.2, 0) is 31.6 Å². The summed E-state index contributed by atoms with van der Waals surface area (Å²) in [5, 5.41) is 0. The second-order valence-corrected chi connectivity index (χ2v) is 4.99. The predicted molar refractivity (Wildman–Crippen MR) is 70.5 cm³/mol. The molecule has 0 saturated heterocycles. The number of benzene rings is 1. The van der Waals surface area contributed by atoms with Gasteiger partial charge in [0.1, 0.15) is 0 Å². The van der Waals surface area contributed by atoms with Gasteiger partial charge in [-0.2, -0.15) is 0 Å². The fraction of sp³-hybridized carbons (Fsp3) is 0.375. The van der Waals surface area contributed by atoms with Crippen LogP contribution in [0.4, 0.5) is 0 Å². The van der Waals surface area contributed by atoms with Crippen molar-refractivity contribution in [2.75, 3.05) is 0 Å². The zero-order valence-electron chi connectivity index (χ0n) is 11.4. The summed E-state index contributed by atoms with van der Waals surface area (Å²) >= 11 is 0. The number of rotatable bonds is 1. The van der Waals surface area contributed by atoms with Gasteiger partial charge in [0, 0.05) is 31.6 Å². The van der Waals surface area contributed by atoms with E-state index in [0.717, 1.165) is 0 Å². The van der Waals surface area contributed by atoms with Crippen molar-refractivity contribution in [3.05, 3.63) is 58.2 Å². The van der Waals surface area contributed by atoms with Gasteiger partial charge in [-0.05, 0) is 51.3 Å². The van der Waals surface area contributed by atoms with E-state index in [4.69, 9.17) is 0 Å². The Hall–Kier alpha value is -0.417. The van der Waals surface area contributed by atoms with Gasteiger partial charge >= 0.3 is 0 Å². The first-order valence-corrected chi connectivity index (χ1v) is 5.91. The summed E-state index contributed by atoms with van der Waals surface area (Å²) in [6, 6.07) is 10.8. The molecule has 0 bridgehead atoms. The van der Waals surface area contributed by atoms with Crippen molar-refractivity contribution in [2.24, 2.45) is 0 Å². The summed E-state index contributed by atoms with van der Waals surface area (Å²) in [6.45, 7) is 11.3. The maximum Gasteiger partial charge on any atom is 0.0348 e. The molecule has 17 heavy (non-hydrogen) atoms. The van der Waals surface area contributed by atoms with Gasteiger partial charge < -0.3 is 0 Å². The molecule has 0 heterocycles. The minimum absolute atomic E-state index is 0. The first kappa shape index (κ1) is 14.6. The van der Waals surface area contributed by atoms with Crippen LogP contribution in [0.2, 0.25) is 0 Å². The number of hydrogen-bond donors (Lipinski definition) is 0. The molecule has 0 spiro atoms. The Labute approximate surface area is 124 Å². The largest absolute Gasteiger partial charge is 0.0622 e. The van der Waals surface area contributed by atoms with Crippen molar-refractivity contribution < 1.29 is 26.2 Å². The molecule has 2 rings (SSSR count). The van der Waals surface area contributed by atoms with Crippen LogP contribution in [0.25, 0.3) is 0 Å². The van der Waals surface area contributed by atoms with Gasteiger partial charge in [-0.1, -0.05) is 41.5 Å². The van der Waals surface area contributed by atoms with Crippen molar-refractivity contribution in [3.63, 3.8) is 0 Å². The summed E-state index contributed by atoms with van der Waals surface area (Å²) in [7, 11) is 0. The smallest absolute Gasteiger partial charge is 0.0348 e. The molecule has 0 aromatic heterocycles. The molecule has 0 saturated carbocycles. The Morgan fingerprint density at radius 2 is 1.18 bits per heavy atom. The van der Waals surface area contributed by atoms with Crippen LogP contribution in [0, 0.1) is 0 Å². The number of hydrogen-bond acceptors (Lipinski definition) is 0. The molecule has 0 aliphatic heterocycles. The molecule has 88 valence electrons. The average molecular weight is 304 g/mol. The zero-order chi connectivity index (χ0) is 11.9. The van der Waals surface area contributed by atoms with Crippen molar-refractivity contribution in [1.82, 2.24) is 0 Å². The van der Waals surface area contributed by atoms with Gasteiger partial charge in [-0.25, -0.2) is 0 Å². The molecule has 1 aromatic rings. The minimum atomic E-state index is 0. The van der Waals surface area contributed by atoms with Crippen molar-refractivity contribution in [3.8, 4) is 0 Å². The molecule has 1 aliphatic carbocycles. The first-order valence-electron chi connectivity index (χ1n) is 5.91. The molecular weight excluding hydrogens is 283 g/mol. The summed E-state index contributed by atoms with van der Waals surface area (Å²) in [5.74, 6) is 0. The second-order valence-electron chi connectivity index (χ2n) is 4.99. The molecule has 0 N–H and O–H groups in total. The normalized spacial score (nSPS) is 18.4. The predicted octanol–water partition coefficient (Wildman–Crippen LogP) is 4.63. The molecular formula is C16H20Zr. The van der Waals surface area contributed by atoms with Crippen LogP contribution in [0.3, 0.4) is 0 Å². The maximum absolute atomic E-state index is 2.34. The zero-order valence-corrected chi connectivity index (χ0v) is 13.8. The van der Waals surface area contributed by atoms with E-state index in [1.54, 1.807) is 0 Å². The summed E-state index contributed by atoms with van der Waals surface area (Å²) in [5.41, 5.74) is 7.42. The molecule has 0 amide bonds. The summed E-state index contributed by atoms with van der Waals surface area (Å²) in [4.78, 5) is 0. The molecule has 0 nitrogen and oxygen atoms in total. The maximum atomic E-state index is 2.34. The van der Waals surface area contributed by atoms with Gasteiger partial charge in [0.05, 0.1) is 0 Å². The van der Waals surface area contributed by atoms with Crippen LogP contribution >= 0.6 is 0 Å². The molecule has 0 radical (unpaired) electrons. The Balaban J connectivity index is 0.00000144. The van der Waals surface area contributed by atoms with Gasteiger partial charge in [0.15, 0.2) is 0 Å². The Bertz CT molecular complexity index is 454. The SMILES string of the molecule is CC1=C(C)C(C)(c2ccccc2)C(C)=C1C.[Zr]. The Kier molecular flexibility index (Phi) is 4.36.